The average molecular weight is 264 g/mol. The SMILES string of the molecule is CC(C)(C)OC(=O)N/N=C/C1=CC[C@H]2C[C@H]1C2(C)C. The monoisotopic (exact) mass is 264 g/mol. The second kappa shape index (κ2) is 4.66. The molecule has 4 nitrogen and oxygen atoms in total. The largest absolute Gasteiger partial charge is 0.443 e. The molecule has 3 aliphatic carbocycles. The summed E-state index contributed by atoms with van der Waals surface area (Å²) in [6.07, 6.45) is 5.87. The lowest BCUT2D eigenvalue weighted by molar-refractivity contribution is -0.00127. The smallest absolute Gasteiger partial charge is 0.428 e. The number of carbonyl (C=O) groups excluding carboxylic acids is 1. The summed E-state index contributed by atoms with van der Waals surface area (Å²) in [4.78, 5) is 11.5. The van der Waals surface area contributed by atoms with Gasteiger partial charge in [-0.3, -0.25) is 0 Å². The molecule has 1 amide bonds. The van der Waals surface area contributed by atoms with Gasteiger partial charge in [-0.25, -0.2) is 10.2 Å². The molecule has 1 fully saturated rings. The first kappa shape index (κ1) is 14.1. The fourth-order valence-corrected chi connectivity index (χ4v) is 3.01. The molecule has 0 unspecified atom stereocenters. The lowest BCUT2D eigenvalue weighted by Crippen LogP contribution is -2.48. The van der Waals surface area contributed by atoms with E-state index in [9.17, 15) is 4.79 Å². The molecule has 3 rings (SSSR count). The fourth-order valence-electron chi connectivity index (χ4n) is 3.01. The molecule has 0 aliphatic heterocycles. The Balaban J connectivity index is 1.87. The quantitative estimate of drug-likeness (QED) is 0.613. The first-order chi connectivity index (χ1) is 8.70. The zero-order chi connectivity index (χ0) is 14.3. The molecule has 0 aromatic rings. The van der Waals surface area contributed by atoms with Gasteiger partial charge in [-0.2, -0.15) is 5.10 Å². The molecule has 2 atom stereocenters. The van der Waals surface area contributed by atoms with Crippen molar-refractivity contribution in [1.82, 2.24) is 5.43 Å². The van der Waals surface area contributed by atoms with Crippen LogP contribution in [0, 0.1) is 17.3 Å². The summed E-state index contributed by atoms with van der Waals surface area (Å²) in [5, 5.41) is 4.00. The summed E-state index contributed by atoms with van der Waals surface area (Å²) in [5.41, 5.74) is 3.54. The number of ether oxygens (including phenoxy) is 1. The second-order valence-corrected chi connectivity index (χ2v) is 7.12. The van der Waals surface area contributed by atoms with Crippen LogP contribution in [0.3, 0.4) is 0 Å². The van der Waals surface area contributed by atoms with Crippen molar-refractivity contribution in [2.24, 2.45) is 22.4 Å². The van der Waals surface area contributed by atoms with E-state index in [0.717, 1.165) is 12.3 Å². The second-order valence-electron chi connectivity index (χ2n) is 7.12. The van der Waals surface area contributed by atoms with Crippen LogP contribution in [-0.2, 0) is 4.74 Å². The highest BCUT2D eigenvalue weighted by Crippen LogP contribution is 2.58. The average Bonchev–Trinajstić information content (AvgIpc) is 2.26. The summed E-state index contributed by atoms with van der Waals surface area (Å²) < 4.78 is 5.12. The van der Waals surface area contributed by atoms with E-state index in [1.165, 1.54) is 12.0 Å². The van der Waals surface area contributed by atoms with Gasteiger partial charge in [0.2, 0.25) is 0 Å². The Bertz CT molecular complexity index is 430. The van der Waals surface area contributed by atoms with Crippen molar-refractivity contribution in [3.8, 4) is 0 Å². The van der Waals surface area contributed by atoms with Crippen LogP contribution < -0.4 is 5.43 Å². The number of hydrogen-bond donors (Lipinski definition) is 1. The van der Waals surface area contributed by atoms with Crippen LogP contribution in [0.15, 0.2) is 16.8 Å². The number of fused-ring (bicyclic) bond motifs is 1. The molecule has 3 aliphatic rings. The number of hydrazone groups is 1. The van der Waals surface area contributed by atoms with Crippen molar-refractivity contribution in [2.45, 2.75) is 53.1 Å². The van der Waals surface area contributed by atoms with Crippen molar-refractivity contribution in [1.29, 1.82) is 0 Å². The van der Waals surface area contributed by atoms with E-state index in [4.69, 9.17) is 4.74 Å². The van der Waals surface area contributed by atoms with E-state index in [-0.39, 0.29) is 0 Å². The number of nitrogens with zero attached hydrogens (tertiary/aromatic N) is 1. The normalized spacial score (nSPS) is 28.6. The lowest BCUT2D eigenvalue weighted by atomic mass is 9.49. The molecule has 0 aromatic heterocycles. The van der Waals surface area contributed by atoms with Crippen LogP contribution >= 0.6 is 0 Å². The van der Waals surface area contributed by atoms with E-state index in [0.29, 0.717) is 11.3 Å². The van der Waals surface area contributed by atoms with Gasteiger partial charge in [0.15, 0.2) is 0 Å². The molecule has 19 heavy (non-hydrogen) atoms. The van der Waals surface area contributed by atoms with Crippen molar-refractivity contribution >= 4 is 12.3 Å². The minimum absolute atomic E-state index is 0.377. The summed E-state index contributed by atoms with van der Waals surface area (Å²) >= 11 is 0. The van der Waals surface area contributed by atoms with E-state index < -0.39 is 11.7 Å². The molecule has 1 saturated carbocycles. The van der Waals surface area contributed by atoms with Crippen LogP contribution in [0.1, 0.15) is 47.5 Å². The van der Waals surface area contributed by atoms with E-state index in [1.54, 1.807) is 6.21 Å². The van der Waals surface area contributed by atoms with Gasteiger partial charge in [-0.15, -0.1) is 0 Å². The highest BCUT2D eigenvalue weighted by molar-refractivity contribution is 5.81. The fraction of sp³-hybridized carbons (Fsp3) is 0.733. The van der Waals surface area contributed by atoms with Gasteiger partial charge in [0.05, 0.1) is 6.21 Å². The van der Waals surface area contributed by atoms with Crippen molar-refractivity contribution in [3.05, 3.63) is 11.6 Å². The molecular weight excluding hydrogens is 240 g/mol. The molecule has 106 valence electrons. The van der Waals surface area contributed by atoms with Gasteiger partial charge in [0.25, 0.3) is 0 Å². The Labute approximate surface area is 115 Å². The maximum atomic E-state index is 11.5. The summed E-state index contributed by atoms with van der Waals surface area (Å²) in [6, 6.07) is 0. The molecule has 1 N–H and O–H groups in total. The van der Waals surface area contributed by atoms with Crippen LogP contribution in [0.2, 0.25) is 0 Å². The van der Waals surface area contributed by atoms with Crippen molar-refractivity contribution in [3.63, 3.8) is 0 Å². The predicted molar refractivity (Wildman–Crippen MR) is 75.9 cm³/mol. The molecule has 2 bridgehead atoms. The zero-order valence-corrected chi connectivity index (χ0v) is 12.5. The number of amides is 1. The van der Waals surface area contributed by atoms with Gasteiger partial charge >= 0.3 is 6.09 Å². The molecule has 0 heterocycles. The summed E-state index contributed by atoms with van der Waals surface area (Å²) in [5.74, 6) is 1.39. The molecule has 0 radical (unpaired) electrons. The van der Waals surface area contributed by atoms with Crippen LogP contribution in [0.4, 0.5) is 4.79 Å². The molecule has 0 saturated heterocycles. The van der Waals surface area contributed by atoms with E-state index >= 15 is 0 Å². The molecule has 0 spiro atoms. The summed E-state index contributed by atoms with van der Waals surface area (Å²) in [7, 11) is 0. The minimum Gasteiger partial charge on any atom is -0.443 e. The maximum Gasteiger partial charge on any atom is 0.428 e. The van der Waals surface area contributed by atoms with Gasteiger partial charge in [-0.1, -0.05) is 19.9 Å². The number of allylic oxidation sites excluding steroid dienone is 2. The predicted octanol–water partition coefficient (Wildman–Crippen LogP) is 3.49. The number of rotatable bonds is 2. The number of hydrogen-bond acceptors (Lipinski definition) is 3. The standard InChI is InChI=1S/C15H24N2O2/c1-14(2,3)19-13(18)17-16-9-10-6-7-11-8-12(10)15(11,4)5/h6,9,11-12H,7-8H2,1-5H3,(H,17,18)/b16-9+/t11-,12+/m0/s1. The highest BCUT2D eigenvalue weighted by Gasteiger charge is 2.50. The van der Waals surface area contributed by atoms with Crippen molar-refractivity contribution in [2.75, 3.05) is 0 Å². The lowest BCUT2D eigenvalue weighted by Gasteiger charge is -2.55. The number of nitrogens with one attached hydrogen (secondary N) is 1. The third-order valence-electron chi connectivity index (χ3n) is 4.28. The van der Waals surface area contributed by atoms with Crippen LogP contribution in [0.5, 0.6) is 0 Å². The van der Waals surface area contributed by atoms with Crippen molar-refractivity contribution < 1.29 is 9.53 Å². The van der Waals surface area contributed by atoms with Gasteiger partial charge in [-0.05, 0) is 56.4 Å². The Morgan fingerprint density at radius 2 is 2.21 bits per heavy atom. The Morgan fingerprint density at radius 3 is 2.74 bits per heavy atom. The summed E-state index contributed by atoms with van der Waals surface area (Å²) in [6.45, 7) is 10.1. The van der Waals surface area contributed by atoms with E-state index in [1.807, 2.05) is 20.8 Å². The number of carbonyl (C=O) groups is 1. The first-order valence-corrected chi connectivity index (χ1v) is 6.92. The zero-order valence-electron chi connectivity index (χ0n) is 12.5. The van der Waals surface area contributed by atoms with Gasteiger partial charge < -0.3 is 4.74 Å². The third kappa shape index (κ3) is 2.99. The maximum absolute atomic E-state index is 11.5. The topological polar surface area (TPSA) is 50.7 Å². The Morgan fingerprint density at radius 1 is 1.53 bits per heavy atom. The van der Waals surface area contributed by atoms with Gasteiger partial charge in [0, 0.05) is 0 Å². The van der Waals surface area contributed by atoms with Crippen LogP contribution in [0.25, 0.3) is 0 Å². The first-order valence-electron chi connectivity index (χ1n) is 6.92. The minimum atomic E-state index is -0.508. The Kier molecular flexibility index (Phi) is 3.45. The van der Waals surface area contributed by atoms with E-state index in [2.05, 4.69) is 30.5 Å². The highest BCUT2D eigenvalue weighted by atomic mass is 16.6. The Hall–Kier alpha value is -1.32. The molecular formula is C15H24N2O2. The third-order valence-corrected chi connectivity index (χ3v) is 4.28. The molecule has 4 heteroatoms. The van der Waals surface area contributed by atoms with Crippen LogP contribution in [-0.4, -0.2) is 17.9 Å². The van der Waals surface area contributed by atoms with Gasteiger partial charge in [0.1, 0.15) is 5.60 Å². The molecule has 0 aromatic carbocycles.